The number of nitrogens with zero attached hydrogens (tertiary/aromatic N) is 2. The van der Waals surface area contributed by atoms with Crippen molar-refractivity contribution >= 4 is 11.8 Å². The van der Waals surface area contributed by atoms with Crippen LogP contribution in [0.15, 0.2) is 6.20 Å². The minimum absolute atomic E-state index is 0.105. The summed E-state index contributed by atoms with van der Waals surface area (Å²) in [5, 5.41) is 2.82. The smallest absolute Gasteiger partial charge is 0.325 e. The van der Waals surface area contributed by atoms with Crippen molar-refractivity contribution < 1.29 is 9.53 Å². The van der Waals surface area contributed by atoms with Crippen LogP contribution >= 0.6 is 0 Å². The largest absolute Gasteiger partial charge is 0.468 e. The van der Waals surface area contributed by atoms with E-state index in [0.29, 0.717) is 5.82 Å². The molecular formula is C9H13N3O2. The highest BCUT2D eigenvalue weighted by molar-refractivity contribution is 5.74. The van der Waals surface area contributed by atoms with E-state index in [2.05, 4.69) is 20.0 Å². The molecule has 0 unspecified atom stereocenters. The van der Waals surface area contributed by atoms with E-state index in [-0.39, 0.29) is 12.5 Å². The van der Waals surface area contributed by atoms with Crippen LogP contribution in [0.5, 0.6) is 0 Å². The highest BCUT2D eigenvalue weighted by Crippen LogP contribution is 2.04. The van der Waals surface area contributed by atoms with Gasteiger partial charge in [0.2, 0.25) is 0 Å². The van der Waals surface area contributed by atoms with Crippen LogP contribution in [0.3, 0.4) is 0 Å². The summed E-state index contributed by atoms with van der Waals surface area (Å²) < 4.78 is 4.48. The highest BCUT2D eigenvalue weighted by Gasteiger charge is 2.02. The van der Waals surface area contributed by atoms with E-state index in [1.165, 1.54) is 7.11 Å². The Kier molecular flexibility index (Phi) is 3.39. The Bertz CT molecular complexity index is 339. The second-order valence-corrected chi connectivity index (χ2v) is 2.86. The zero-order valence-corrected chi connectivity index (χ0v) is 8.50. The molecule has 0 bridgehead atoms. The van der Waals surface area contributed by atoms with Gasteiger partial charge in [-0.1, -0.05) is 0 Å². The Morgan fingerprint density at radius 3 is 2.79 bits per heavy atom. The molecule has 0 atom stereocenters. The molecule has 0 radical (unpaired) electrons. The molecule has 1 aromatic rings. The lowest BCUT2D eigenvalue weighted by molar-refractivity contribution is -0.138. The van der Waals surface area contributed by atoms with Crippen molar-refractivity contribution in [2.45, 2.75) is 13.8 Å². The molecule has 5 heteroatoms. The zero-order valence-electron chi connectivity index (χ0n) is 8.50. The van der Waals surface area contributed by atoms with E-state index in [4.69, 9.17) is 0 Å². The Balaban J connectivity index is 2.60. The summed E-state index contributed by atoms with van der Waals surface area (Å²) in [7, 11) is 1.34. The first-order chi connectivity index (χ1) is 6.63. The maximum absolute atomic E-state index is 10.8. The number of carbonyl (C=O) groups excluding carboxylic acids is 1. The molecule has 0 aliphatic carbocycles. The van der Waals surface area contributed by atoms with Gasteiger partial charge in [0.1, 0.15) is 12.4 Å². The molecule has 1 heterocycles. The normalized spacial score (nSPS) is 9.64. The molecule has 1 aromatic heterocycles. The summed E-state index contributed by atoms with van der Waals surface area (Å²) in [6.45, 7) is 3.85. The highest BCUT2D eigenvalue weighted by atomic mass is 16.5. The Morgan fingerprint density at radius 2 is 2.21 bits per heavy atom. The maximum atomic E-state index is 10.8. The summed E-state index contributed by atoms with van der Waals surface area (Å²) in [4.78, 5) is 19.1. The summed E-state index contributed by atoms with van der Waals surface area (Å²) >= 11 is 0. The zero-order chi connectivity index (χ0) is 10.6. The lowest BCUT2D eigenvalue weighted by Crippen LogP contribution is -2.16. The fourth-order valence-electron chi connectivity index (χ4n) is 0.862. The van der Waals surface area contributed by atoms with Gasteiger partial charge in [0.15, 0.2) is 0 Å². The number of anilines is 1. The van der Waals surface area contributed by atoms with E-state index in [1.54, 1.807) is 6.20 Å². The summed E-state index contributed by atoms with van der Waals surface area (Å²) in [6, 6.07) is 0. The molecule has 0 aliphatic heterocycles. The van der Waals surface area contributed by atoms with E-state index in [0.717, 1.165) is 11.4 Å². The van der Waals surface area contributed by atoms with Crippen molar-refractivity contribution in [3.63, 3.8) is 0 Å². The Morgan fingerprint density at radius 1 is 1.50 bits per heavy atom. The second kappa shape index (κ2) is 4.55. The average Bonchev–Trinajstić information content (AvgIpc) is 2.19. The van der Waals surface area contributed by atoms with E-state index >= 15 is 0 Å². The number of ether oxygens (including phenoxy) is 1. The van der Waals surface area contributed by atoms with Gasteiger partial charge in [-0.15, -0.1) is 0 Å². The number of esters is 1. The molecule has 5 nitrogen and oxygen atoms in total. The molecule has 76 valence electrons. The van der Waals surface area contributed by atoms with Crippen LogP contribution in [-0.2, 0) is 9.53 Å². The maximum Gasteiger partial charge on any atom is 0.325 e. The van der Waals surface area contributed by atoms with Gasteiger partial charge in [-0.05, 0) is 13.8 Å². The standard InChI is InChI=1S/C9H13N3O2/c1-6-7(2)12-8(4-10-6)11-5-9(13)14-3/h4H,5H2,1-3H3,(H,11,12). The molecule has 0 saturated heterocycles. The fraction of sp³-hybridized carbons (Fsp3) is 0.444. The van der Waals surface area contributed by atoms with E-state index in [9.17, 15) is 4.79 Å². The molecule has 0 fully saturated rings. The van der Waals surface area contributed by atoms with Crippen molar-refractivity contribution in [2.75, 3.05) is 19.0 Å². The minimum atomic E-state index is -0.329. The van der Waals surface area contributed by atoms with Crippen molar-refractivity contribution in [3.05, 3.63) is 17.6 Å². The van der Waals surface area contributed by atoms with Crippen LogP contribution in [0.1, 0.15) is 11.4 Å². The first kappa shape index (κ1) is 10.4. The number of nitrogens with one attached hydrogen (secondary N) is 1. The minimum Gasteiger partial charge on any atom is -0.468 e. The summed E-state index contributed by atoms with van der Waals surface area (Å²) in [5.41, 5.74) is 1.73. The van der Waals surface area contributed by atoms with Crippen molar-refractivity contribution in [3.8, 4) is 0 Å². The first-order valence-electron chi connectivity index (χ1n) is 4.24. The number of hydrogen-bond donors (Lipinski definition) is 1. The third kappa shape index (κ3) is 2.69. The molecule has 0 aliphatic rings. The number of methoxy groups -OCH3 is 1. The SMILES string of the molecule is COC(=O)CNc1cnc(C)c(C)n1. The van der Waals surface area contributed by atoms with E-state index < -0.39 is 0 Å². The van der Waals surface area contributed by atoms with Gasteiger partial charge in [0.25, 0.3) is 0 Å². The lowest BCUT2D eigenvalue weighted by atomic mass is 10.3. The summed E-state index contributed by atoms with van der Waals surface area (Å²) in [5.74, 6) is 0.253. The molecule has 1 N–H and O–H groups in total. The molecule has 0 saturated carbocycles. The monoisotopic (exact) mass is 195 g/mol. The van der Waals surface area contributed by atoms with Crippen LogP contribution < -0.4 is 5.32 Å². The number of aryl methyl sites for hydroxylation is 2. The van der Waals surface area contributed by atoms with Gasteiger partial charge in [0.05, 0.1) is 24.7 Å². The van der Waals surface area contributed by atoms with Gasteiger partial charge < -0.3 is 10.1 Å². The molecule has 0 spiro atoms. The van der Waals surface area contributed by atoms with Gasteiger partial charge >= 0.3 is 5.97 Å². The molecular weight excluding hydrogens is 182 g/mol. The molecule has 1 rings (SSSR count). The van der Waals surface area contributed by atoms with Gasteiger partial charge in [-0.3, -0.25) is 9.78 Å². The summed E-state index contributed by atoms with van der Waals surface area (Å²) in [6.07, 6.45) is 1.59. The van der Waals surface area contributed by atoms with Crippen LogP contribution in [0.2, 0.25) is 0 Å². The predicted molar refractivity (Wildman–Crippen MR) is 52.0 cm³/mol. The van der Waals surface area contributed by atoms with Gasteiger partial charge in [0, 0.05) is 0 Å². The van der Waals surface area contributed by atoms with Crippen LogP contribution in [0.4, 0.5) is 5.82 Å². The van der Waals surface area contributed by atoms with Crippen molar-refractivity contribution in [2.24, 2.45) is 0 Å². The van der Waals surface area contributed by atoms with Crippen LogP contribution in [0.25, 0.3) is 0 Å². The number of rotatable bonds is 3. The predicted octanol–water partition coefficient (Wildman–Crippen LogP) is 0.678. The van der Waals surface area contributed by atoms with E-state index in [1.807, 2.05) is 13.8 Å². The van der Waals surface area contributed by atoms with Gasteiger partial charge in [-0.2, -0.15) is 0 Å². The average molecular weight is 195 g/mol. The quantitative estimate of drug-likeness (QED) is 0.718. The Labute approximate surface area is 82.5 Å². The first-order valence-corrected chi connectivity index (χ1v) is 4.24. The Hall–Kier alpha value is -1.65. The lowest BCUT2D eigenvalue weighted by Gasteiger charge is -2.05. The van der Waals surface area contributed by atoms with Crippen molar-refractivity contribution in [1.29, 1.82) is 0 Å². The third-order valence-corrected chi connectivity index (χ3v) is 1.83. The van der Waals surface area contributed by atoms with Gasteiger partial charge in [-0.25, -0.2) is 4.98 Å². The number of hydrogen-bond acceptors (Lipinski definition) is 5. The number of aromatic nitrogens is 2. The molecule has 0 amide bonds. The second-order valence-electron chi connectivity index (χ2n) is 2.86. The topological polar surface area (TPSA) is 64.1 Å². The number of carbonyl (C=O) groups is 1. The van der Waals surface area contributed by atoms with Crippen molar-refractivity contribution in [1.82, 2.24) is 9.97 Å². The third-order valence-electron chi connectivity index (χ3n) is 1.83. The fourth-order valence-corrected chi connectivity index (χ4v) is 0.862. The molecule has 0 aromatic carbocycles. The van der Waals surface area contributed by atoms with Crippen LogP contribution in [0, 0.1) is 13.8 Å². The van der Waals surface area contributed by atoms with Crippen LogP contribution in [-0.4, -0.2) is 29.6 Å². The molecule has 14 heavy (non-hydrogen) atoms.